The molecule has 18 heavy (non-hydrogen) atoms. The molecule has 0 atom stereocenters. The van der Waals surface area contributed by atoms with E-state index in [2.05, 4.69) is 66.8 Å². The zero-order chi connectivity index (χ0) is 12.6. The van der Waals surface area contributed by atoms with Crippen LogP contribution in [0.25, 0.3) is 11.1 Å². The topological polar surface area (TPSA) is 0 Å². The van der Waals surface area contributed by atoms with Gasteiger partial charge in [0.1, 0.15) is 0 Å². The Labute approximate surface area is 124 Å². The molecule has 0 bridgehead atoms. The van der Waals surface area contributed by atoms with E-state index in [9.17, 15) is 0 Å². The van der Waals surface area contributed by atoms with Crippen LogP contribution in [0.4, 0.5) is 0 Å². The maximum Gasteiger partial charge on any atom is -0.0184 e. The molecule has 1 heteroatoms. The third-order valence-corrected chi connectivity index (χ3v) is 3.98. The van der Waals surface area contributed by atoms with Crippen molar-refractivity contribution in [2.24, 2.45) is 0 Å². The van der Waals surface area contributed by atoms with Crippen LogP contribution in [0.15, 0.2) is 82.2 Å². The SMILES string of the molecule is [Hf][C]1=CC=CC1.c1ccc(-c2ccccc2)cc1. The van der Waals surface area contributed by atoms with Gasteiger partial charge in [-0.15, -0.1) is 0 Å². The van der Waals surface area contributed by atoms with E-state index in [1.165, 1.54) is 41.9 Å². The van der Waals surface area contributed by atoms with Gasteiger partial charge in [0.15, 0.2) is 0 Å². The van der Waals surface area contributed by atoms with E-state index in [0.717, 1.165) is 0 Å². The number of hydrogen-bond acceptors (Lipinski definition) is 0. The summed E-state index contributed by atoms with van der Waals surface area (Å²) in [5, 5.41) is 0. The maximum atomic E-state index is 2.20. The molecule has 0 radical (unpaired) electrons. The van der Waals surface area contributed by atoms with Gasteiger partial charge in [-0.25, -0.2) is 0 Å². The first-order valence-electron chi connectivity index (χ1n) is 6.04. The van der Waals surface area contributed by atoms with Gasteiger partial charge in [0, 0.05) is 0 Å². The molecule has 87 valence electrons. The molecule has 1 aliphatic rings. The molecule has 2 aromatic carbocycles. The summed E-state index contributed by atoms with van der Waals surface area (Å²) in [6.45, 7) is 0. The second kappa shape index (κ2) is 7.27. The van der Waals surface area contributed by atoms with Crippen LogP contribution in [-0.4, -0.2) is 0 Å². The molecule has 0 N–H and O–H groups in total. The fourth-order valence-electron chi connectivity index (χ4n) is 1.71. The van der Waals surface area contributed by atoms with Gasteiger partial charge in [0.05, 0.1) is 0 Å². The predicted octanol–water partition coefficient (Wildman–Crippen LogP) is 4.73. The van der Waals surface area contributed by atoms with Crippen molar-refractivity contribution in [2.45, 2.75) is 6.42 Å². The Hall–Kier alpha value is -1.21. The number of benzene rings is 2. The quantitative estimate of drug-likeness (QED) is 0.610. The molecule has 0 aromatic heterocycles. The molecule has 1 aliphatic carbocycles. The van der Waals surface area contributed by atoms with Crippen LogP contribution in [0, 0.1) is 0 Å². The molecular weight excluding hydrogens is 383 g/mol. The van der Waals surface area contributed by atoms with E-state index in [1.807, 2.05) is 12.1 Å². The summed E-state index contributed by atoms with van der Waals surface area (Å²) >= 11 is 1.25. The van der Waals surface area contributed by atoms with Crippen molar-refractivity contribution >= 4 is 0 Å². The molecule has 0 amide bonds. The predicted molar refractivity (Wildman–Crippen MR) is 73.7 cm³/mol. The van der Waals surface area contributed by atoms with Crippen LogP contribution in [0.2, 0.25) is 0 Å². The van der Waals surface area contributed by atoms with E-state index in [4.69, 9.17) is 0 Å². The number of hydrogen-bond donors (Lipinski definition) is 0. The maximum absolute atomic E-state index is 2.20. The van der Waals surface area contributed by atoms with Gasteiger partial charge in [-0.2, -0.15) is 0 Å². The summed E-state index contributed by atoms with van der Waals surface area (Å²) in [5.74, 6) is 0. The summed E-state index contributed by atoms with van der Waals surface area (Å²) in [5.41, 5.74) is 2.55. The second-order valence-electron chi connectivity index (χ2n) is 4.06. The van der Waals surface area contributed by atoms with Crippen molar-refractivity contribution in [2.75, 3.05) is 0 Å². The Morgan fingerprint density at radius 2 is 1.22 bits per heavy atom. The zero-order valence-electron chi connectivity index (χ0n) is 10.2. The van der Waals surface area contributed by atoms with Gasteiger partial charge < -0.3 is 0 Å². The molecule has 0 saturated heterocycles. The Morgan fingerprint density at radius 3 is 1.50 bits per heavy atom. The van der Waals surface area contributed by atoms with Gasteiger partial charge >= 0.3 is 52.4 Å². The molecule has 2 aromatic rings. The van der Waals surface area contributed by atoms with Crippen LogP contribution in [-0.2, 0) is 24.4 Å². The number of allylic oxidation sites excluding steroid dienone is 4. The first-order valence-corrected chi connectivity index (χ1v) is 7.83. The van der Waals surface area contributed by atoms with E-state index < -0.39 is 0 Å². The summed E-state index contributed by atoms with van der Waals surface area (Å²) in [7, 11) is 0. The molecule has 0 nitrogen and oxygen atoms in total. The van der Waals surface area contributed by atoms with Crippen molar-refractivity contribution < 1.29 is 24.4 Å². The first-order chi connectivity index (χ1) is 8.86. The minimum Gasteiger partial charge on any atom is -0.0622 e. The van der Waals surface area contributed by atoms with E-state index in [0.29, 0.717) is 0 Å². The molecule has 0 spiro atoms. The summed E-state index contributed by atoms with van der Waals surface area (Å²) in [6.07, 6.45) is 7.75. The summed E-state index contributed by atoms with van der Waals surface area (Å²) < 4.78 is 1.61. The molecule has 0 saturated carbocycles. The molecule has 0 heterocycles. The Morgan fingerprint density at radius 1 is 0.722 bits per heavy atom. The van der Waals surface area contributed by atoms with Gasteiger partial charge in [-0.1, -0.05) is 60.7 Å². The fourth-order valence-corrected chi connectivity index (χ4v) is 2.48. The van der Waals surface area contributed by atoms with Crippen LogP contribution < -0.4 is 0 Å². The molecule has 0 unspecified atom stereocenters. The van der Waals surface area contributed by atoms with Crippen molar-refractivity contribution in [1.29, 1.82) is 0 Å². The van der Waals surface area contributed by atoms with Gasteiger partial charge in [-0.05, 0) is 11.1 Å². The van der Waals surface area contributed by atoms with Crippen molar-refractivity contribution in [3.63, 3.8) is 0 Å². The van der Waals surface area contributed by atoms with Crippen molar-refractivity contribution in [1.82, 2.24) is 0 Å². The third kappa shape index (κ3) is 4.23. The fraction of sp³-hybridized carbons (Fsp3) is 0.0588. The smallest absolute Gasteiger partial charge is 0.0184 e. The van der Waals surface area contributed by atoms with E-state index >= 15 is 0 Å². The summed E-state index contributed by atoms with van der Waals surface area (Å²) in [6, 6.07) is 20.8. The van der Waals surface area contributed by atoms with Crippen LogP contribution in [0.3, 0.4) is 0 Å². The standard InChI is InChI=1S/C12H10.C5H5.Hf/c1-3-7-11(8-4-1)12-9-5-2-6-10-12;1-2-4-5-3-1;/h1-10H;1-3H,4H2;. The second-order valence-corrected chi connectivity index (χ2v) is 6.36. The number of rotatable bonds is 1. The van der Waals surface area contributed by atoms with E-state index in [1.54, 1.807) is 3.33 Å². The average Bonchev–Trinajstić information content (AvgIpc) is 2.93. The van der Waals surface area contributed by atoms with Crippen LogP contribution >= 0.6 is 0 Å². The molecule has 0 fully saturated rings. The van der Waals surface area contributed by atoms with Crippen molar-refractivity contribution in [3.05, 3.63) is 82.2 Å². The monoisotopic (exact) mass is 399 g/mol. The van der Waals surface area contributed by atoms with E-state index in [-0.39, 0.29) is 0 Å². The van der Waals surface area contributed by atoms with Crippen LogP contribution in [0.5, 0.6) is 0 Å². The van der Waals surface area contributed by atoms with Gasteiger partial charge in [0.2, 0.25) is 0 Å². The van der Waals surface area contributed by atoms with Gasteiger partial charge in [-0.3, -0.25) is 0 Å². The Kier molecular flexibility index (Phi) is 5.35. The largest absolute Gasteiger partial charge is 0.0622 e. The third-order valence-electron chi connectivity index (χ3n) is 2.65. The van der Waals surface area contributed by atoms with Crippen LogP contribution in [0.1, 0.15) is 6.42 Å². The van der Waals surface area contributed by atoms with Gasteiger partial charge in [0.25, 0.3) is 0 Å². The van der Waals surface area contributed by atoms with Crippen molar-refractivity contribution in [3.8, 4) is 11.1 Å². The average molecular weight is 398 g/mol. The molecule has 0 aliphatic heterocycles. The Bertz CT molecular complexity index is 487. The minimum absolute atomic E-state index is 1.23. The first kappa shape index (κ1) is 13.2. The zero-order valence-corrected chi connectivity index (χ0v) is 13.8. The minimum atomic E-state index is 1.23. The summed E-state index contributed by atoms with van der Waals surface area (Å²) in [4.78, 5) is 0. The molecular formula is C17H15Hf. The molecule has 3 rings (SSSR count). The normalized spacial score (nSPS) is 12.5. The Balaban J connectivity index is 0.000000169.